The predicted octanol–water partition coefficient (Wildman–Crippen LogP) is 3.28. The molecular formula is C15H32N2. The smallest absolute Gasteiger partial charge is 0.0118 e. The third-order valence-corrected chi connectivity index (χ3v) is 4.60. The highest BCUT2D eigenvalue weighted by Gasteiger charge is 2.24. The molecule has 0 saturated heterocycles. The lowest BCUT2D eigenvalue weighted by atomic mass is 9.85. The zero-order valence-electron chi connectivity index (χ0n) is 12.3. The van der Waals surface area contributed by atoms with Gasteiger partial charge in [-0.05, 0) is 58.7 Å². The van der Waals surface area contributed by atoms with Crippen molar-refractivity contribution in [2.24, 2.45) is 5.92 Å². The second-order valence-corrected chi connectivity index (χ2v) is 5.85. The fourth-order valence-electron chi connectivity index (χ4n) is 3.26. The average molecular weight is 240 g/mol. The molecule has 2 nitrogen and oxygen atoms in total. The number of nitrogens with zero attached hydrogens (tertiary/aromatic N) is 1. The van der Waals surface area contributed by atoms with Crippen LogP contribution in [0.15, 0.2) is 0 Å². The molecule has 1 N–H and O–H groups in total. The molecule has 2 heteroatoms. The fraction of sp³-hybridized carbons (Fsp3) is 1.00. The summed E-state index contributed by atoms with van der Waals surface area (Å²) < 4.78 is 0. The van der Waals surface area contributed by atoms with Crippen LogP contribution in [0.5, 0.6) is 0 Å². The zero-order valence-corrected chi connectivity index (χ0v) is 12.3. The quantitative estimate of drug-likeness (QED) is 0.735. The Hall–Kier alpha value is -0.0800. The summed E-state index contributed by atoms with van der Waals surface area (Å²) in [5.74, 6) is 0.903. The van der Waals surface area contributed by atoms with Crippen molar-refractivity contribution in [3.8, 4) is 0 Å². The molecule has 102 valence electrons. The van der Waals surface area contributed by atoms with Gasteiger partial charge in [0.25, 0.3) is 0 Å². The highest BCUT2D eigenvalue weighted by Crippen LogP contribution is 2.27. The second kappa shape index (κ2) is 8.10. The highest BCUT2D eigenvalue weighted by atomic mass is 15.1. The first kappa shape index (κ1) is 15.0. The van der Waals surface area contributed by atoms with Crippen molar-refractivity contribution in [1.82, 2.24) is 10.2 Å². The van der Waals surface area contributed by atoms with Gasteiger partial charge < -0.3 is 10.2 Å². The van der Waals surface area contributed by atoms with Crippen LogP contribution in [-0.4, -0.2) is 37.6 Å². The van der Waals surface area contributed by atoms with Crippen molar-refractivity contribution < 1.29 is 0 Å². The highest BCUT2D eigenvalue weighted by molar-refractivity contribution is 4.79. The van der Waals surface area contributed by atoms with E-state index in [1.54, 1.807) is 0 Å². The Bertz CT molecular complexity index is 189. The summed E-state index contributed by atoms with van der Waals surface area (Å²) in [6.07, 6.45) is 9.64. The molecule has 1 aliphatic carbocycles. The van der Waals surface area contributed by atoms with Crippen molar-refractivity contribution in [3.63, 3.8) is 0 Å². The van der Waals surface area contributed by atoms with E-state index in [1.165, 1.54) is 51.5 Å². The molecule has 3 unspecified atom stereocenters. The van der Waals surface area contributed by atoms with E-state index in [-0.39, 0.29) is 0 Å². The van der Waals surface area contributed by atoms with Crippen LogP contribution in [0, 0.1) is 5.92 Å². The Kier molecular flexibility index (Phi) is 7.14. The van der Waals surface area contributed by atoms with E-state index >= 15 is 0 Å². The van der Waals surface area contributed by atoms with E-state index in [1.807, 2.05) is 0 Å². The standard InChI is InChI=1S/C15H32N2/c1-5-14(16-3)10-8-12-17(4)15-11-7-6-9-13(15)2/h13-16H,5-12H2,1-4H3. The molecule has 0 aliphatic heterocycles. The van der Waals surface area contributed by atoms with Gasteiger partial charge in [0.15, 0.2) is 0 Å². The van der Waals surface area contributed by atoms with E-state index in [0.717, 1.165) is 12.0 Å². The Morgan fingerprint density at radius 2 is 2.00 bits per heavy atom. The first-order valence-corrected chi connectivity index (χ1v) is 7.56. The van der Waals surface area contributed by atoms with E-state index in [0.29, 0.717) is 6.04 Å². The molecule has 3 atom stereocenters. The number of hydrogen-bond acceptors (Lipinski definition) is 2. The van der Waals surface area contributed by atoms with Gasteiger partial charge in [-0.1, -0.05) is 26.7 Å². The minimum Gasteiger partial charge on any atom is -0.317 e. The second-order valence-electron chi connectivity index (χ2n) is 5.85. The maximum atomic E-state index is 3.40. The first-order chi connectivity index (χ1) is 8.19. The maximum absolute atomic E-state index is 3.40. The number of nitrogens with one attached hydrogen (secondary N) is 1. The molecular weight excluding hydrogens is 208 g/mol. The van der Waals surface area contributed by atoms with Crippen molar-refractivity contribution in [2.75, 3.05) is 20.6 Å². The molecule has 0 spiro atoms. The largest absolute Gasteiger partial charge is 0.317 e. The van der Waals surface area contributed by atoms with E-state index in [4.69, 9.17) is 0 Å². The van der Waals surface area contributed by atoms with Gasteiger partial charge in [0.1, 0.15) is 0 Å². The Morgan fingerprint density at radius 3 is 2.59 bits per heavy atom. The van der Waals surface area contributed by atoms with E-state index < -0.39 is 0 Å². The summed E-state index contributed by atoms with van der Waals surface area (Å²) in [5, 5.41) is 3.40. The van der Waals surface area contributed by atoms with Crippen LogP contribution in [0.1, 0.15) is 58.8 Å². The lowest BCUT2D eigenvalue weighted by molar-refractivity contribution is 0.136. The number of rotatable bonds is 7. The van der Waals surface area contributed by atoms with Gasteiger partial charge in [-0.3, -0.25) is 0 Å². The molecule has 0 radical (unpaired) electrons. The van der Waals surface area contributed by atoms with Gasteiger partial charge in [-0.2, -0.15) is 0 Å². The van der Waals surface area contributed by atoms with Gasteiger partial charge in [0.05, 0.1) is 0 Å². The third kappa shape index (κ3) is 4.97. The predicted molar refractivity (Wildman–Crippen MR) is 76.4 cm³/mol. The molecule has 1 fully saturated rings. The molecule has 0 amide bonds. The number of hydrogen-bond donors (Lipinski definition) is 1. The van der Waals surface area contributed by atoms with Crippen molar-refractivity contribution in [2.45, 2.75) is 70.9 Å². The minimum atomic E-state index is 0.715. The van der Waals surface area contributed by atoms with E-state index in [2.05, 4.69) is 38.2 Å². The van der Waals surface area contributed by atoms with Crippen LogP contribution in [0.3, 0.4) is 0 Å². The van der Waals surface area contributed by atoms with Crippen molar-refractivity contribution in [3.05, 3.63) is 0 Å². The SMILES string of the molecule is CCC(CCCN(C)C1CCCCC1C)NC. The minimum absolute atomic E-state index is 0.715. The van der Waals surface area contributed by atoms with Crippen LogP contribution >= 0.6 is 0 Å². The van der Waals surface area contributed by atoms with Gasteiger partial charge in [0, 0.05) is 12.1 Å². The molecule has 0 heterocycles. The lowest BCUT2D eigenvalue weighted by Crippen LogP contribution is -2.39. The van der Waals surface area contributed by atoms with Crippen molar-refractivity contribution >= 4 is 0 Å². The third-order valence-electron chi connectivity index (χ3n) is 4.60. The molecule has 17 heavy (non-hydrogen) atoms. The normalized spacial score (nSPS) is 27.4. The Labute approximate surface area is 108 Å². The molecule has 1 rings (SSSR count). The monoisotopic (exact) mass is 240 g/mol. The summed E-state index contributed by atoms with van der Waals surface area (Å²) in [7, 11) is 4.41. The summed E-state index contributed by atoms with van der Waals surface area (Å²) in [6, 6.07) is 1.56. The molecule has 0 bridgehead atoms. The van der Waals surface area contributed by atoms with Crippen LogP contribution in [0.4, 0.5) is 0 Å². The van der Waals surface area contributed by atoms with Gasteiger partial charge in [-0.15, -0.1) is 0 Å². The molecule has 0 aromatic rings. The molecule has 1 saturated carbocycles. The van der Waals surface area contributed by atoms with Crippen LogP contribution in [0.2, 0.25) is 0 Å². The molecule has 1 aliphatic rings. The summed E-state index contributed by atoms with van der Waals surface area (Å²) in [5.41, 5.74) is 0. The fourth-order valence-corrected chi connectivity index (χ4v) is 3.26. The summed E-state index contributed by atoms with van der Waals surface area (Å²) >= 11 is 0. The van der Waals surface area contributed by atoms with Gasteiger partial charge in [-0.25, -0.2) is 0 Å². The molecule has 0 aromatic heterocycles. The Balaban J connectivity index is 2.21. The van der Waals surface area contributed by atoms with Crippen LogP contribution in [-0.2, 0) is 0 Å². The van der Waals surface area contributed by atoms with Gasteiger partial charge in [0.2, 0.25) is 0 Å². The Morgan fingerprint density at radius 1 is 1.29 bits per heavy atom. The topological polar surface area (TPSA) is 15.3 Å². The first-order valence-electron chi connectivity index (χ1n) is 7.56. The van der Waals surface area contributed by atoms with E-state index in [9.17, 15) is 0 Å². The van der Waals surface area contributed by atoms with Gasteiger partial charge >= 0.3 is 0 Å². The summed E-state index contributed by atoms with van der Waals surface area (Å²) in [6.45, 7) is 5.98. The maximum Gasteiger partial charge on any atom is 0.0118 e. The average Bonchev–Trinajstić information content (AvgIpc) is 2.35. The molecule has 0 aromatic carbocycles. The lowest BCUT2D eigenvalue weighted by Gasteiger charge is -2.36. The zero-order chi connectivity index (χ0) is 12.7. The van der Waals surface area contributed by atoms with Crippen molar-refractivity contribution in [1.29, 1.82) is 0 Å². The summed E-state index contributed by atoms with van der Waals surface area (Å²) in [4.78, 5) is 2.62. The van der Waals surface area contributed by atoms with Crippen LogP contribution in [0.25, 0.3) is 0 Å². The van der Waals surface area contributed by atoms with Crippen LogP contribution < -0.4 is 5.32 Å².